The maximum absolute atomic E-state index is 8.74. The fraction of sp³-hybridized carbons (Fsp3) is 0.400. The summed E-state index contributed by atoms with van der Waals surface area (Å²) in [5, 5.41) is 11.7. The van der Waals surface area contributed by atoms with E-state index < -0.39 is 10.4 Å². The van der Waals surface area contributed by atoms with Gasteiger partial charge in [0.25, 0.3) is 0 Å². The Morgan fingerprint density at radius 1 is 1.32 bits per heavy atom. The lowest BCUT2D eigenvalue weighted by atomic mass is 10.2. The number of anilines is 3. The van der Waals surface area contributed by atoms with Crippen LogP contribution in [0.4, 0.5) is 17.1 Å². The van der Waals surface area contributed by atoms with Gasteiger partial charge in [-0.05, 0) is 18.2 Å². The van der Waals surface area contributed by atoms with Crippen molar-refractivity contribution in [2.24, 2.45) is 0 Å². The normalized spacial score (nSPS) is 10.4. The van der Waals surface area contributed by atoms with Crippen LogP contribution in [0.2, 0.25) is 0 Å². The van der Waals surface area contributed by atoms with Crippen LogP contribution in [-0.4, -0.2) is 49.9 Å². The Morgan fingerprint density at radius 2 is 1.84 bits per heavy atom. The van der Waals surface area contributed by atoms with Gasteiger partial charge in [0.2, 0.25) is 0 Å². The SMILES string of the molecule is CN(C)c1ccc(NCCO)cc1N.O=S(=O)(O)O. The zero-order chi connectivity index (χ0) is 15.1. The Hall–Kier alpha value is -1.55. The molecule has 0 aliphatic heterocycles. The maximum Gasteiger partial charge on any atom is 0.394 e. The summed E-state index contributed by atoms with van der Waals surface area (Å²) < 4.78 is 31.6. The van der Waals surface area contributed by atoms with Gasteiger partial charge in [0.1, 0.15) is 0 Å². The van der Waals surface area contributed by atoms with Crippen molar-refractivity contribution >= 4 is 27.5 Å². The van der Waals surface area contributed by atoms with Crippen LogP contribution in [0.15, 0.2) is 18.2 Å². The third kappa shape index (κ3) is 9.08. The quantitative estimate of drug-likeness (QED) is 0.389. The summed E-state index contributed by atoms with van der Waals surface area (Å²) in [6, 6.07) is 5.77. The number of hydrogen-bond acceptors (Lipinski definition) is 6. The second-order valence-corrected chi connectivity index (χ2v) is 4.66. The standard InChI is InChI=1S/C10H17N3O.H2O4S/c1-13(2)10-4-3-8(7-9(10)11)12-5-6-14;1-5(2,3)4/h3-4,7,12,14H,5-6,11H2,1-2H3;(H2,1,2,3,4). The van der Waals surface area contributed by atoms with Crippen LogP contribution in [0.3, 0.4) is 0 Å². The highest BCUT2D eigenvalue weighted by atomic mass is 32.3. The van der Waals surface area contributed by atoms with Crippen molar-refractivity contribution in [3.8, 4) is 0 Å². The fourth-order valence-corrected chi connectivity index (χ4v) is 1.27. The summed E-state index contributed by atoms with van der Waals surface area (Å²) in [4.78, 5) is 1.96. The number of benzene rings is 1. The highest BCUT2D eigenvalue weighted by Crippen LogP contribution is 2.24. The molecule has 0 spiro atoms. The Morgan fingerprint density at radius 3 is 2.21 bits per heavy atom. The van der Waals surface area contributed by atoms with Gasteiger partial charge in [-0.3, -0.25) is 9.11 Å². The van der Waals surface area contributed by atoms with E-state index in [2.05, 4.69) is 5.32 Å². The maximum atomic E-state index is 8.74. The van der Waals surface area contributed by atoms with Gasteiger partial charge in [0.15, 0.2) is 0 Å². The first kappa shape index (κ1) is 17.4. The van der Waals surface area contributed by atoms with Crippen LogP contribution in [0, 0.1) is 0 Å². The number of nitrogens with two attached hydrogens (primary N) is 1. The van der Waals surface area contributed by atoms with E-state index in [1.807, 2.05) is 37.2 Å². The fourth-order valence-electron chi connectivity index (χ4n) is 1.27. The number of hydrogen-bond donors (Lipinski definition) is 5. The number of nitrogen functional groups attached to an aromatic ring is 1. The predicted octanol–water partition coefficient (Wildman–Crippen LogP) is 0.0862. The molecule has 0 radical (unpaired) electrons. The average Bonchev–Trinajstić information content (AvgIpc) is 2.23. The third-order valence-corrected chi connectivity index (χ3v) is 1.95. The Labute approximate surface area is 112 Å². The first-order valence-corrected chi connectivity index (χ1v) is 6.66. The van der Waals surface area contributed by atoms with Crippen LogP contribution >= 0.6 is 0 Å². The molecule has 0 amide bonds. The smallest absolute Gasteiger partial charge is 0.394 e. The van der Waals surface area contributed by atoms with Crippen LogP contribution in [0.25, 0.3) is 0 Å². The molecule has 0 saturated heterocycles. The first-order chi connectivity index (χ1) is 8.65. The number of aliphatic hydroxyl groups is 1. The lowest BCUT2D eigenvalue weighted by Crippen LogP contribution is -2.12. The van der Waals surface area contributed by atoms with Gasteiger partial charge in [-0.15, -0.1) is 0 Å². The zero-order valence-corrected chi connectivity index (χ0v) is 11.6. The minimum Gasteiger partial charge on any atom is -0.397 e. The second-order valence-electron chi connectivity index (χ2n) is 3.77. The molecular weight excluding hydrogens is 274 g/mol. The molecule has 0 bridgehead atoms. The molecule has 0 heterocycles. The van der Waals surface area contributed by atoms with E-state index in [1.54, 1.807) is 0 Å². The first-order valence-electron chi connectivity index (χ1n) is 5.26. The van der Waals surface area contributed by atoms with E-state index in [-0.39, 0.29) is 6.61 Å². The molecule has 0 aliphatic carbocycles. The van der Waals surface area contributed by atoms with Crippen LogP contribution in [0.1, 0.15) is 0 Å². The zero-order valence-electron chi connectivity index (χ0n) is 10.7. The Kier molecular flexibility index (Phi) is 7.16. The van der Waals surface area contributed by atoms with Crippen molar-refractivity contribution in [2.75, 3.05) is 43.2 Å². The van der Waals surface area contributed by atoms with Gasteiger partial charge in [-0.25, -0.2) is 0 Å². The summed E-state index contributed by atoms with van der Waals surface area (Å²) in [7, 11) is -0.765. The highest BCUT2D eigenvalue weighted by Gasteiger charge is 2.01. The van der Waals surface area contributed by atoms with Crippen molar-refractivity contribution < 1.29 is 22.6 Å². The van der Waals surface area contributed by atoms with Gasteiger partial charge in [-0.1, -0.05) is 0 Å². The molecule has 0 saturated carbocycles. The van der Waals surface area contributed by atoms with E-state index in [0.29, 0.717) is 6.54 Å². The summed E-state index contributed by atoms with van der Waals surface area (Å²) >= 11 is 0. The lowest BCUT2D eigenvalue weighted by Gasteiger charge is -2.16. The topological polar surface area (TPSA) is 136 Å². The number of rotatable bonds is 4. The van der Waals surface area contributed by atoms with Gasteiger partial charge in [0, 0.05) is 26.3 Å². The van der Waals surface area contributed by atoms with Gasteiger partial charge < -0.3 is 21.1 Å². The number of nitrogens with one attached hydrogen (secondary N) is 1. The monoisotopic (exact) mass is 293 g/mol. The summed E-state index contributed by atoms with van der Waals surface area (Å²) in [6.07, 6.45) is 0. The molecule has 8 nitrogen and oxygen atoms in total. The summed E-state index contributed by atoms with van der Waals surface area (Å²) in [6.45, 7) is 0.663. The molecule has 1 rings (SSSR count). The molecule has 0 aromatic heterocycles. The molecule has 0 aliphatic rings. The molecule has 110 valence electrons. The molecule has 1 aromatic rings. The van der Waals surface area contributed by atoms with E-state index in [0.717, 1.165) is 17.1 Å². The predicted molar refractivity (Wildman–Crippen MR) is 74.9 cm³/mol. The Bertz CT molecular complexity index is 482. The van der Waals surface area contributed by atoms with Crippen LogP contribution < -0.4 is 16.0 Å². The largest absolute Gasteiger partial charge is 0.397 e. The summed E-state index contributed by atoms with van der Waals surface area (Å²) in [5.74, 6) is 0. The van der Waals surface area contributed by atoms with Crippen molar-refractivity contribution in [3.63, 3.8) is 0 Å². The van der Waals surface area contributed by atoms with Gasteiger partial charge >= 0.3 is 10.4 Å². The van der Waals surface area contributed by atoms with Crippen molar-refractivity contribution in [2.45, 2.75) is 0 Å². The minimum atomic E-state index is -4.67. The van der Waals surface area contributed by atoms with Crippen LogP contribution in [-0.2, 0) is 10.4 Å². The van der Waals surface area contributed by atoms with E-state index in [9.17, 15) is 0 Å². The summed E-state index contributed by atoms with van der Waals surface area (Å²) in [5.41, 5.74) is 8.52. The Balaban J connectivity index is 0.000000555. The molecule has 0 fully saturated rings. The molecule has 0 unspecified atom stereocenters. The van der Waals surface area contributed by atoms with Crippen molar-refractivity contribution in [1.82, 2.24) is 0 Å². The molecule has 1 aromatic carbocycles. The lowest BCUT2D eigenvalue weighted by molar-refractivity contribution is 0.311. The van der Waals surface area contributed by atoms with Crippen molar-refractivity contribution in [3.05, 3.63) is 18.2 Å². The molecule has 9 heteroatoms. The number of aliphatic hydroxyl groups excluding tert-OH is 1. The third-order valence-electron chi connectivity index (χ3n) is 1.95. The number of nitrogens with zero attached hydrogens (tertiary/aromatic N) is 1. The van der Waals surface area contributed by atoms with Crippen LogP contribution in [0.5, 0.6) is 0 Å². The van der Waals surface area contributed by atoms with Crippen molar-refractivity contribution in [1.29, 1.82) is 0 Å². The second kappa shape index (κ2) is 7.79. The van der Waals surface area contributed by atoms with E-state index in [4.69, 9.17) is 28.4 Å². The van der Waals surface area contributed by atoms with E-state index in [1.165, 1.54) is 0 Å². The average molecular weight is 293 g/mol. The molecule has 19 heavy (non-hydrogen) atoms. The van der Waals surface area contributed by atoms with Gasteiger partial charge in [-0.2, -0.15) is 8.42 Å². The molecule has 0 atom stereocenters. The molecular formula is C10H19N3O5S. The van der Waals surface area contributed by atoms with Gasteiger partial charge in [0.05, 0.1) is 18.0 Å². The molecule has 6 N–H and O–H groups in total. The highest BCUT2D eigenvalue weighted by molar-refractivity contribution is 7.79. The minimum absolute atomic E-state index is 0.120. The van der Waals surface area contributed by atoms with E-state index >= 15 is 0 Å².